The number of thiophene rings is 1. The molecule has 226 valence electrons. The largest absolute Gasteiger partial charge is 0.309 e. The first-order chi connectivity index (χ1) is 22.1. The Bertz CT molecular complexity index is 2370. The van der Waals surface area contributed by atoms with Gasteiger partial charge in [-0.2, -0.15) is 0 Å². The highest BCUT2D eigenvalue weighted by Crippen LogP contribution is 2.42. The summed E-state index contributed by atoms with van der Waals surface area (Å²) >= 11 is 1.89. The summed E-state index contributed by atoms with van der Waals surface area (Å²) in [5.74, 6) is 0. The second-order valence-electron chi connectivity index (χ2n) is 14.7. The molecule has 0 N–H and O–H groups in total. The van der Waals surface area contributed by atoms with Crippen molar-refractivity contribution in [3.63, 3.8) is 0 Å². The van der Waals surface area contributed by atoms with E-state index in [1.165, 1.54) is 81.0 Å². The third-order valence-corrected chi connectivity index (χ3v) is 10.8. The maximum atomic E-state index is 2.52. The Morgan fingerprint density at radius 3 is 1.67 bits per heavy atom. The Kier molecular flexibility index (Phi) is 6.53. The molecule has 8 rings (SSSR count). The van der Waals surface area contributed by atoms with Crippen molar-refractivity contribution >= 4 is 53.3 Å². The summed E-state index contributed by atoms with van der Waals surface area (Å²) in [4.78, 5) is 0. The monoisotopic (exact) mass is 613 g/mol. The van der Waals surface area contributed by atoms with Crippen LogP contribution >= 0.6 is 11.3 Å². The van der Waals surface area contributed by atoms with E-state index in [-0.39, 0.29) is 10.8 Å². The molecule has 0 unspecified atom stereocenters. The zero-order valence-electron chi connectivity index (χ0n) is 27.5. The van der Waals surface area contributed by atoms with Gasteiger partial charge in [0, 0.05) is 36.5 Å². The second kappa shape index (κ2) is 10.4. The average Bonchev–Trinajstić information content (AvgIpc) is 3.59. The predicted molar refractivity (Wildman–Crippen MR) is 202 cm³/mol. The maximum absolute atomic E-state index is 2.52. The molecule has 2 heteroatoms. The van der Waals surface area contributed by atoms with Crippen LogP contribution in [0.1, 0.15) is 52.7 Å². The van der Waals surface area contributed by atoms with E-state index in [1.54, 1.807) is 0 Å². The smallest absolute Gasteiger partial charge is 0.0544 e. The summed E-state index contributed by atoms with van der Waals surface area (Å²) in [7, 11) is 0. The molecule has 0 bridgehead atoms. The van der Waals surface area contributed by atoms with E-state index >= 15 is 0 Å². The Balaban J connectivity index is 1.38. The molecule has 2 aromatic heterocycles. The van der Waals surface area contributed by atoms with Crippen LogP contribution in [0.4, 0.5) is 0 Å². The molecular weight excluding hydrogens is 575 g/mol. The summed E-state index contributed by atoms with van der Waals surface area (Å²) in [6.07, 6.45) is 0. The molecule has 0 aliphatic rings. The lowest BCUT2D eigenvalue weighted by Crippen LogP contribution is -2.11. The fourth-order valence-corrected chi connectivity index (χ4v) is 8.19. The molecule has 0 spiro atoms. The van der Waals surface area contributed by atoms with Gasteiger partial charge in [-0.1, -0.05) is 139 Å². The number of nitrogens with zero attached hydrogens (tertiary/aromatic N) is 1. The van der Waals surface area contributed by atoms with Gasteiger partial charge < -0.3 is 4.57 Å². The van der Waals surface area contributed by atoms with Crippen LogP contribution in [0.5, 0.6) is 0 Å². The molecule has 2 heterocycles. The molecule has 46 heavy (non-hydrogen) atoms. The number of para-hydroxylation sites is 1. The van der Waals surface area contributed by atoms with Crippen molar-refractivity contribution in [3.8, 4) is 27.9 Å². The van der Waals surface area contributed by atoms with Crippen LogP contribution in [-0.4, -0.2) is 4.57 Å². The summed E-state index contributed by atoms with van der Waals surface area (Å²) in [5, 5.41) is 5.26. The van der Waals surface area contributed by atoms with E-state index in [1.807, 2.05) is 11.3 Å². The summed E-state index contributed by atoms with van der Waals surface area (Å²) in [6.45, 7) is 13.8. The number of hydrogen-bond donors (Lipinski definition) is 0. The van der Waals surface area contributed by atoms with Crippen LogP contribution in [0.15, 0.2) is 127 Å². The molecular formula is C44H39NS. The van der Waals surface area contributed by atoms with Gasteiger partial charge in [0.15, 0.2) is 0 Å². The third kappa shape index (κ3) is 4.66. The number of benzene rings is 6. The van der Waals surface area contributed by atoms with Gasteiger partial charge in [0.1, 0.15) is 0 Å². The Hall–Kier alpha value is -4.66. The maximum Gasteiger partial charge on any atom is 0.0544 e. The molecule has 0 atom stereocenters. The standard InChI is InChI=1S/C44H39NS/c1-43(2,3)30-21-23-34-35-24-22-31(44(4,5)6)27-40(35)45(39(34)26-30)38-19-9-7-15-32(38)28-13-11-14-29(25-28)33-17-12-18-37-36-16-8-10-20-41(36)46-42(33)37/h7-27H,1-6H3. The topological polar surface area (TPSA) is 4.93 Å². The molecule has 0 aliphatic heterocycles. The third-order valence-electron chi connectivity index (χ3n) is 9.53. The van der Waals surface area contributed by atoms with Gasteiger partial charge in [-0.15, -0.1) is 11.3 Å². The summed E-state index contributed by atoms with van der Waals surface area (Å²) in [6, 6.07) is 47.7. The van der Waals surface area contributed by atoms with Crippen LogP contribution < -0.4 is 0 Å². The van der Waals surface area contributed by atoms with Crippen molar-refractivity contribution < 1.29 is 0 Å². The van der Waals surface area contributed by atoms with Gasteiger partial charge in [-0.05, 0) is 69.0 Å². The highest BCUT2D eigenvalue weighted by Gasteiger charge is 2.22. The Labute approximate surface area is 275 Å². The molecule has 1 nitrogen and oxygen atoms in total. The first-order valence-electron chi connectivity index (χ1n) is 16.3. The first kappa shape index (κ1) is 28.8. The van der Waals surface area contributed by atoms with E-state index in [0.29, 0.717) is 0 Å². The minimum absolute atomic E-state index is 0.0491. The van der Waals surface area contributed by atoms with Crippen LogP contribution in [0.25, 0.3) is 69.9 Å². The fraction of sp³-hybridized carbons (Fsp3) is 0.182. The van der Waals surface area contributed by atoms with Gasteiger partial charge in [0.05, 0.1) is 16.7 Å². The normalized spacial score (nSPS) is 12.6. The van der Waals surface area contributed by atoms with Gasteiger partial charge in [0.2, 0.25) is 0 Å². The predicted octanol–water partition coefficient (Wildman–Crippen LogP) is 13.1. The lowest BCUT2D eigenvalue weighted by atomic mass is 9.86. The van der Waals surface area contributed by atoms with Crippen LogP contribution in [0, 0.1) is 0 Å². The van der Waals surface area contributed by atoms with Crippen molar-refractivity contribution in [1.29, 1.82) is 0 Å². The number of rotatable bonds is 3. The summed E-state index contributed by atoms with van der Waals surface area (Å²) in [5.41, 5.74) is 11.5. The minimum Gasteiger partial charge on any atom is -0.309 e. The van der Waals surface area contributed by atoms with Crippen molar-refractivity contribution in [3.05, 3.63) is 139 Å². The SMILES string of the molecule is CC(C)(C)c1ccc2c3ccc(C(C)(C)C)cc3n(-c3ccccc3-c3cccc(-c4cccc5c4sc4ccccc45)c3)c2c1. The van der Waals surface area contributed by atoms with Crippen molar-refractivity contribution in [2.24, 2.45) is 0 Å². The van der Waals surface area contributed by atoms with Crippen LogP contribution in [-0.2, 0) is 10.8 Å². The van der Waals surface area contributed by atoms with Gasteiger partial charge in [0.25, 0.3) is 0 Å². The highest BCUT2D eigenvalue weighted by atomic mass is 32.1. The number of hydrogen-bond acceptors (Lipinski definition) is 1. The van der Waals surface area contributed by atoms with Gasteiger partial charge in [-0.25, -0.2) is 0 Å². The van der Waals surface area contributed by atoms with E-state index in [0.717, 1.165) is 0 Å². The van der Waals surface area contributed by atoms with Gasteiger partial charge >= 0.3 is 0 Å². The van der Waals surface area contributed by atoms with E-state index in [9.17, 15) is 0 Å². The van der Waals surface area contributed by atoms with Gasteiger partial charge in [-0.3, -0.25) is 0 Å². The van der Waals surface area contributed by atoms with Crippen molar-refractivity contribution in [2.45, 2.75) is 52.4 Å². The minimum atomic E-state index is 0.0491. The molecule has 0 saturated heterocycles. The Morgan fingerprint density at radius 2 is 1.00 bits per heavy atom. The molecule has 0 aliphatic carbocycles. The van der Waals surface area contributed by atoms with Crippen molar-refractivity contribution in [1.82, 2.24) is 4.57 Å². The fourth-order valence-electron chi connectivity index (χ4n) is 6.95. The van der Waals surface area contributed by atoms with E-state index in [2.05, 4.69) is 174 Å². The first-order valence-corrected chi connectivity index (χ1v) is 17.1. The molecule has 0 radical (unpaired) electrons. The van der Waals surface area contributed by atoms with Crippen LogP contribution in [0.3, 0.4) is 0 Å². The molecule has 0 amide bonds. The zero-order valence-corrected chi connectivity index (χ0v) is 28.3. The molecule has 6 aromatic carbocycles. The second-order valence-corrected chi connectivity index (χ2v) is 15.7. The number of fused-ring (bicyclic) bond motifs is 6. The summed E-state index contributed by atoms with van der Waals surface area (Å²) < 4.78 is 5.20. The number of aromatic nitrogens is 1. The molecule has 0 saturated carbocycles. The molecule has 8 aromatic rings. The lowest BCUT2D eigenvalue weighted by molar-refractivity contribution is 0.591. The van der Waals surface area contributed by atoms with Crippen molar-refractivity contribution in [2.75, 3.05) is 0 Å². The van der Waals surface area contributed by atoms with E-state index in [4.69, 9.17) is 0 Å². The van der Waals surface area contributed by atoms with E-state index < -0.39 is 0 Å². The Morgan fingerprint density at radius 1 is 0.457 bits per heavy atom. The zero-order chi connectivity index (χ0) is 31.8. The average molecular weight is 614 g/mol. The van der Waals surface area contributed by atoms with Crippen LogP contribution in [0.2, 0.25) is 0 Å². The molecule has 0 fully saturated rings. The highest BCUT2D eigenvalue weighted by molar-refractivity contribution is 7.26. The quantitative estimate of drug-likeness (QED) is 0.187. The lowest BCUT2D eigenvalue weighted by Gasteiger charge is -2.21.